The summed E-state index contributed by atoms with van der Waals surface area (Å²) in [6.45, 7) is 0. The van der Waals surface area contributed by atoms with Crippen LogP contribution in [-0.4, -0.2) is 19.0 Å². The highest BCUT2D eigenvalue weighted by Crippen LogP contribution is 2.18. The van der Waals surface area contributed by atoms with Crippen molar-refractivity contribution in [2.24, 2.45) is 0 Å². The second-order valence-corrected chi connectivity index (χ2v) is 5.16. The summed E-state index contributed by atoms with van der Waals surface area (Å²) in [6.07, 6.45) is 0. The first-order valence-corrected chi connectivity index (χ1v) is 7.41. The molecule has 0 atom stereocenters. The van der Waals surface area contributed by atoms with Crippen molar-refractivity contribution in [3.63, 3.8) is 0 Å². The van der Waals surface area contributed by atoms with Crippen LogP contribution in [-0.2, 0) is 0 Å². The average molecular weight is 320 g/mol. The van der Waals surface area contributed by atoms with E-state index in [1.165, 1.54) is 0 Å². The molecule has 0 radical (unpaired) electrons. The van der Waals surface area contributed by atoms with Crippen LogP contribution in [0.3, 0.4) is 0 Å². The van der Waals surface area contributed by atoms with Crippen molar-refractivity contribution in [1.82, 2.24) is 5.32 Å². The molecule has 0 spiro atoms. The fraction of sp³-hybridized carbons (Fsp3) is 0.0526. The minimum absolute atomic E-state index is 0.446. The molecule has 0 aliphatic carbocycles. The van der Waals surface area contributed by atoms with E-state index >= 15 is 0 Å². The molecule has 0 saturated carbocycles. The van der Waals surface area contributed by atoms with Crippen LogP contribution in [0.5, 0.6) is 5.75 Å². The number of amides is 3. The van der Waals surface area contributed by atoms with E-state index in [1.54, 1.807) is 43.5 Å². The number of nitrogens with one attached hydrogen (secondary N) is 2. The molecule has 0 aromatic heterocycles. The smallest absolute Gasteiger partial charge is 0.326 e. The molecular formula is C19H16N2O3. The highest BCUT2D eigenvalue weighted by Gasteiger charge is 2.13. The summed E-state index contributed by atoms with van der Waals surface area (Å²) in [5.74, 6) is 0.241. The first kappa shape index (κ1) is 15.6. The summed E-state index contributed by atoms with van der Waals surface area (Å²) < 4.78 is 5.05. The number of fused-ring (bicyclic) bond motifs is 1. The third-order valence-corrected chi connectivity index (χ3v) is 3.61. The lowest BCUT2D eigenvalue weighted by atomic mass is 10.0. The van der Waals surface area contributed by atoms with Gasteiger partial charge in [-0.15, -0.1) is 0 Å². The third-order valence-electron chi connectivity index (χ3n) is 3.61. The van der Waals surface area contributed by atoms with E-state index in [-0.39, 0.29) is 0 Å². The number of ether oxygens (including phenoxy) is 1. The van der Waals surface area contributed by atoms with Crippen molar-refractivity contribution in [2.45, 2.75) is 0 Å². The number of carbonyl (C=O) groups is 2. The van der Waals surface area contributed by atoms with Gasteiger partial charge in [0.15, 0.2) is 0 Å². The predicted octanol–water partition coefficient (Wildman–Crippen LogP) is 3.81. The molecule has 0 fully saturated rings. The topological polar surface area (TPSA) is 67.4 Å². The quantitative estimate of drug-likeness (QED) is 0.771. The van der Waals surface area contributed by atoms with Crippen LogP contribution in [0, 0.1) is 0 Å². The number of methoxy groups -OCH3 is 1. The second kappa shape index (κ2) is 6.83. The van der Waals surface area contributed by atoms with E-state index in [0.717, 1.165) is 10.8 Å². The average Bonchev–Trinajstić information content (AvgIpc) is 2.61. The lowest BCUT2D eigenvalue weighted by molar-refractivity contribution is 0.0968. The molecule has 3 rings (SSSR count). The molecule has 0 unspecified atom stereocenters. The van der Waals surface area contributed by atoms with Gasteiger partial charge in [-0.3, -0.25) is 10.1 Å². The first-order valence-electron chi connectivity index (χ1n) is 7.41. The number of imide groups is 1. The molecule has 120 valence electrons. The van der Waals surface area contributed by atoms with E-state index in [2.05, 4.69) is 10.6 Å². The van der Waals surface area contributed by atoms with Gasteiger partial charge in [0.1, 0.15) is 5.75 Å². The number of carbonyl (C=O) groups excluding carboxylic acids is 2. The van der Waals surface area contributed by atoms with Gasteiger partial charge in [0, 0.05) is 11.3 Å². The molecule has 3 aromatic carbocycles. The zero-order chi connectivity index (χ0) is 16.9. The summed E-state index contributed by atoms with van der Waals surface area (Å²) >= 11 is 0. The van der Waals surface area contributed by atoms with Gasteiger partial charge in [-0.25, -0.2) is 4.79 Å². The fourth-order valence-corrected chi connectivity index (χ4v) is 2.43. The Balaban J connectivity index is 1.72. The van der Waals surface area contributed by atoms with Crippen LogP contribution in [0.1, 0.15) is 10.4 Å². The molecule has 2 N–H and O–H groups in total. The molecule has 24 heavy (non-hydrogen) atoms. The summed E-state index contributed by atoms with van der Waals surface area (Å²) in [5.41, 5.74) is 1.03. The highest BCUT2D eigenvalue weighted by atomic mass is 16.5. The van der Waals surface area contributed by atoms with Crippen molar-refractivity contribution in [2.75, 3.05) is 12.4 Å². The number of urea groups is 1. The van der Waals surface area contributed by atoms with Crippen molar-refractivity contribution >= 4 is 28.4 Å². The lowest BCUT2D eigenvalue weighted by Gasteiger charge is -2.09. The summed E-state index contributed by atoms with van der Waals surface area (Å²) in [4.78, 5) is 24.4. The molecule has 5 nitrogen and oxygen atoms in total. The maximum Gasteiger partial charge on any atom is 0.326 e. The lowest BCUT2D eigenvalue weighted by Crippen LogP contribution is -2.34. The Morgan fingerprint density at radius 2 is 1.58 bits per heavy atom. The number of hydrogen-bond acceptors (Lipinski definition) is 3. The Morgan fingerprint density at radius 1 is 0.875 bits per heavy atom. The molecule has 0 aliphatic heterocycles. The van der Waals surface area contributed by atoms with E-state index in [4.69, 9.17) is 4.74 Å². The van der Waals surface area contributed by atoms with Gasteiger partial charge in [-0.2, -0.15) is 0 Å². The SMILES string of the molecule is COc1ccc(NC(=O)NC(=O)c2cccc3ccccc23)cc1. The number of anilines is 1. The zero-order valence-electron chi connectivity index (χ0n) is 13.1. The van der Waals surface area contributed by atoms with Crippen LogP contribution >= 0.6 is 0 Å². The van der Waals surface area contributed by atoms with Crippen molar-refractivity contribution in [3.05, 3.63) is 72.3 Å². The van der Waals surface area contributed by atoms with Crippen LogP contribution in [0.15, 0.2) is 66.7 Å². The molecule has 0 saturated heterocycles. The minimum Gasteiger partial charge on any atom is -0.497 e. The van der Waals surface area contributed by atoms with Gasteiger partial charge in [-0.1, -0.05) is 36.4 Å². The minimum atomic E-state index is -0.585. The molecule has 5 heteroatoms. The Labute approximate surface area is 139 Å². The maximum absolute atomic E-state index is 12.4. The summed E-state index contributed by atoms with van der Waals surface area (Å²) in [5, 5.41) is 6.71. The maximum atomic E-state index is 12.4. The van der Waals surface area contributed by atoms with E-state index < -0.39 is 11.9 Å². The van der Waals surface area contributed by atoms with E-state index in [9.17, 15) is 9.59 Å². The highest BCUT2D eigenvalue weighted by molar-refractivity contribution is 6.13. The Kier molecular flexibility index (Phi) is 4.43. The van der Waals surface area contributed by atoms with Crippen LogP contribution in [0.2, 0.25) is 0 Å². The number of benzene rings is 3. The standard InChI is InChI=1S/C19H16N2O3/c1-24-15-11-9-14(10-12-15)20-19(23)21-18(22)17-8-4-6-13-5-2-3-7-16(13)17/h2-12H,1H3,(H2,20,21,22,23). The second-order valence-electron chi connectivity index (χ2n) is 5.16. The van der Waals surface area contributed by atoms with Crippen molar-refractivity contribution in [3.8, 4) is 5.75 Å². The van der Waals surface area contributed by atoms with Crippen molar-refractivity contribution in [1.29, 1.82) is 0 Å². The Bertz CT molecular complexity index is 883. The van der Waals surface area contributed by atoms with Crippen molar-refractivity contribution < 1.29 is 14.3 Å². The van der Waals surface area contributed by atoms with Crippen LogP contribution in [0.4, 0.5) is 10.5 Å². The summed E-state index contributed by atoms with van der Waals surface area (Å²) in [7, 11) is 1.57. The fourth-order valence-electron chi connectivity index (χ4n) is 2.43. The van der Waals surface area contributed by atoms with E-state index in [1.807, 2.05) is 30.3 Å². The first-order chi connectivity index (χ1) is 11.7. The van der Waals surface area contributed by atoms with Gasteiger partial charge < -0.3 is 10.1 Å². The van der Waals surface area contributed by atoms with Gasteiger partial charge >= 0.3 is 6.03 Å². The number of rotatable bonds is 3. The van der Waals surface area contributed by atoms with Gasteiger partial charge in [0.2, 0.25) is 0 Å². The molecule has 3 aromatic rings. The largest absolute Gasteiger partial charge is 0.497 e. The molecule has 0 aliphatic rings. The predicted molar refractivity (Wildman–Crippen MR) is 93.4 cm³/mol. The van der Waals surface area contributed by atoms with Gasteiger partial charge in [-0.05, 0) is 41.1 Å². The zero-order valence-corrected chi connectivity index (χ0v) is 13.1. The molecular weight excluding hydrogens is 304 g/mol. The molecule has 0 bridgehead atoms. The number of hydrogen-bond donors (Lipinski definition) is 2. The summed E-state index contributed by atoms with van der Waals surface area (Å²) in [6, 6.07) is 19.2. The molecule has 0 heterocycles. The van der Waals surface area contributed by atoms with E-state index in [0.29, 0.717) is 17.0 Å². The van der Waals surface area contributed by atoms with Gasteiger partial charge in [0.25, 0.3) is 5.91 Å². The Hall–Kier alpha value is -3.34. The third kappa shape index (κ3) is 3.35. The van der Waals surface area contributed by atoms with Gasteiger partial charge in [0.05, 0.1) is 7.11 Å². The molecule has 3 amide bonds. The Morgan fingerprint density at radius 3 is 2.33 bits per heavy atom. The normalized spacial score (nSPS) is 10.2. The monoisotopic (exact) mass is 320 g/mol. The van der Waals surface area contributed by atoms with Crippen LogP contribution < -0.4 is 15.4 Å². The van der Waals surface area contributed by atoms with Crippen LogP contribution in [0.25, 0.3) is 10.8 Å².